The van der Waals surface area contributed by atoms with E-state index in [9.17, 15) is 4.79 Å². The van der Waals surface area contributed by atoms with Crippen molar-refractivity contribution in [2.45, 2.75) is 25.7 Å². The van der Waals surface area contributed by atoms with Crippen LogP contribution in [0, 0.1) is 0 Å². The number of ketones is 1. The van der Waals surface area contributed by atoms with E-state index in [0.29, 0.717) is 31.8 Å². The number of methoxy groups -OCH3 is 2. The summed E-state index contributed by atoms with van der Waals surface area (Å²) in [7, 11) is 3.37. The van der Waals surface area contributed by atoms with Crippen molar-refractivity contribution in [2.24, 2.45) is 0 Å². The summed E-state index contributed by atoms with van der Waals surface area (Å²) in [6, 6.07) is 0. The molecule has 0 amide bonds. The second kappa shape index (κ2) is 5.94. The van der Waals surface area contributed by atoms with Crippen LogP contribution in [0.25, 0.3) is 0 Å². The zero-order chi connectivity index (χ0) is 10.4. The standard InChI is InChI=1S/C11H18O3/c1-13-7-9-3-5-11(12)6-4-10(9)8-14-2/h3-8H2,1-2H3. The summed E-state index contributed by atoms with van der Waals surface area (Å²) in [6.45, 7) is 1.26. The van der Waals surface area contributed by atoms with Gasteiger partial charge < -0.3 is 9.47 Å². The van der Waals surface area contributed by atoms with Gasteiger partial charge in [0.05, 0.1) is 13.2 Å². The molecule has 0 unspecified atom stereocenters. The van der Waals surface area contributed by atoms with Crippen LogP contribution >= 0.6 is 0 Å². The van der Waals surface area contributed by atoms with Crippen molar-refractivity contribution in [1.82, 2.24) is 0 Å². The highest BCUT2D eigenvalue weighted by Crippen LogP contribution is 2.22. The Morgan fingerprint density at radius 2 is 1.36 bits per heavy atom. The fourth-order valence-corrected chi connectivity index (χ4v) is 1.76. The Morgan fingerprint density at radius 3 is 1.71 bits per heavy atom. The van der Waals surface area contributed by atoms with E-state index in [2.05, 4.69) is 0 Å². The molecule has 1 aliphatic rings. The Kier molecular flexibility index (Phi) is 4.84. The largest absolute Gasteiger partial charge is 0.380 e. The molecular formula is C11H18O3. The van der Waals surface area contributed by atoms with Crippen LogP contribution in [-0.2, 0) is 14.3 Å². The molecule has 3 nitrogen and oxygen atoms in total. The Hall–Kier alpha value is -0.670. The van der Waals surface area contributed by atoms with Crippen LogP contribution in [-0.4, -0.2) is 33.2 Å². The molecule has 0 heterocycles. The smallest absolute Gasteiger partial charge is 0.133 e. The fraction of sp³-hybridized carbons (Fsp3) is 0.727. The summed E-state index contributed by atoms with van der Waals surface area (Å²) in [5.74, 6) is 0.352. The van der Waals surface area contributed by atoms with Gasteiger partial charge in [-0.05, 0) is 24.0 Å². The van der Waals surface area contributed by atoms with Crippen LogP contribution in [0.3, 0.4) is 0 Å². The number of hydrogen-bond donors (Lipinski definition) is 0. The lowest BCUT2D eigenvalue weighted by atomic mass is 10.1. The van der Waals surface area contributed by atoms with Crippen molar-refractivity contribution >= 4 is 5.78 Å². The molecule has 80 valence electrons. The highest BCUT2D eigenvalue weighted by atomic mass is 16.5. The van der Waals surface area contributed by atoms with Crippen LogP contribution < -0.4 is 0 Å². The lowest BCUT2D eigenvalue weighted by Gasteiger charge is -2.10. The van der Waals surface area contributed by atoms with Gasteiger partial charge in [-0.2, -0.15) is 0 Å². The van der Waals surface area contributed by atoms with Crippen LogP contribution in [0.15, 0.2) is 11.1 Å². The first-order valence-electron chi connectivity index (χ1n) is 4.97. The van der Waals surface area contributed by atoms with E-state index in [-0.39, 0.29) is 0 Å². The maximum Gasteiger partial charge on any atom is 0.133 e. The van der Waals surface area contributed by atoms with Gasteiger partial charge in [0, 0.05) is 27.1 Å². The molecule has 1 aliphatic carbocycles. The van der Waals surface area contributed by atoms with Crippen molar-refractivity contribution < 1.29 is 14.3 Å². The molecule has 0 atom stereocenters. The minimum absolute atomic E-state index is 0.352. The van der Waals surface area contributed by atoms with Gasteiger partial charge >= 0.3 is 0 Å². The number of Topliss-reactive ketones (excluding diaryl/α,β-unsaturated/α-hetero) is 1. The van der Waals surface area contributed by atoms with Crippen molar-refractivity contribution in [1.29, 1.82) is 0 Å². The van der Waals surface area contributed by atoms with Gasteiger partial charge in [0.15, 0.2) is 0 Å². The summed E-state index contributed by atoms with van der Waals surface area (Å²) < 4.78 is 10.2. The maximum atomic E-state index is 11.3. The highest BCUT2D eigenvalue weighted by molar-refractivity contribution is 5.79. The summed E-state index contributed by atoms with van der Waals surface area (Å²) in [4.78, 5) is 11.3. The molecular weight excluding hydrogens is 180 g/mol. The van der Waals surface area contributed by atoms with E-state index >= 15 is 0 Å². The second-order valence-corrected chi connectivity index (χ2v) is 3.61. The predicted octanol–water partition coefficient (Wildman–Crippen LogP) is 1.72. The summed E-state index contributed by atoms with van der Waals surface area (Å²) >= 11 is 0. The number of ether oxygens (including phenoxy) is 2. The minimum atomic E-state index is 0.352. The van der Waals surface area contributed by atoms with Gasteiger partial charge in [-0.15, -0.1) is 0 Å². The molecule has 0 radical (unpaired) electrons. The first-order valence-corrected chi connectivity index (χ1v) is 4.97. The Morgan fingerprint density at radius 1 is 0.929 bits per heavy atom. The number of carbonyl (C=O) groups excluding carboxylic acids is 1. The fourth-order valence-electron chi connectivity index (χ4n) is 1.76. The van der Waals surface area contributed by atoms with Crippen LogP contribution in [0.1, 0.15) is 25.7 Å². The first kappa shape index (κ1) is 11.4. The summed E-state index contributed by atoms with van der Waals surface area (Å²) in [5, 5.41) is 0. The van der Waals surface area contributed by atoms with E-state index in [1.54, 1.807) is 14.2 Å². The van der Waals surface area contributed by atoms with E-state index < -0.39 is 0 Å². The lowest BCUT2D eigenvalue weighted by molar-refractivity contribution is -0.118. The zero-order valence-corrected chi connectivity index (χ0v) is 8.97. The molecule has 1 rings (SSSR count). The Labute approximate surface area is 85.1 Å². The Bertz CT molecular complexity index is 209. The SMILES string of the molecule is COCC1=C(COC)CCC(=O)CC1. The molecule has 0 N–H and O–H groups in total. The van der Waals surface area contributed by atoms with Gasteiger partial charge in [0.2, 0.25) is 0 Å². The van der Waals surface area contributed by atoms with Crippen molar-refractivity contribution in [2.75, 3.05) is 27.4 Å². The van der Waals surface area contributed by atoms with Crippen LogP contribution in [0.5, 0.6) is 0 Å². The second-order valence-electron chi connectivity index (χ2n) is 3.61. The average molecular weight is 198 g/mol. The molecule has 0 aliphatic heterocycles. The van der Waals surface area contributed by atoms with Gasteiger partial charge in [-0.1, -0.05) is 0 Å². The minimum Gasteiger partial charge on any atom is -0.380 e. The molecule has 14 heavy (non-hydrogen) atoms. The quantitative estimate of drug-likeness (QED) is 0.645. The molecule has 0 saturated carbocycles. The molecule has 0 fully saturated rings. The lowest BCUT2D eigenvalue weighted by Crippen LogP contribution is -2.03. The zero-order valence-electron chi connectivity index (χ0n) is 8.97. The van der Waals surface area contributed by atoms with Crippen molar-refractivity contribution in [3.8, 4) is 0 Å². The van der Waals surface area contributed by atoms with Crippen LogP contribution in [0.4, 0.5) is 0 Å². The molecule has 0 aromatic carbocycles. The number of hydrogen-bond acceptors (Lipinski definition) is 3. The van der Waals surface area contributed by atoms with Gasteiger partial charge in [-0.25, -0.2) is 0 Å². The van der Waals surface area contributed by atoms with E-state index in [1.807, 2.05) is 0 Å². The van der Waals surface area contributed by atoms with Gasteiger partial charge in [0.1, 0.15) is 5.78 Å². The third-order valence-corrected chi connectivity index (χ3v) is 2.55. The van der Waals surface area contributed by atoms with Gasteiger partial charge in [-0.3, -0.25) is 4.79 Å². The normalized spacial score (nSPS) is 18.6. The molecule has 3 heteroatoms. The molecule has 0 bridgehead atoms. The molecule has 0 aromatic heterocycles. The van der Waals surface area contributed by atoms with E-state index in [1.165, 1.54) is 11.1 Å². The third kappa shape index (κ3) is 3.24. The number of rotatable bonds is 4. The van der Waals surface area contributed by atoms with Gasteiger partial charge in [0.25, 0.3) is 0 Å². The molecule has 0 aromatic rings. The van der Waals surface area contributed by atoms with E-state index in [4.69, 9.17) is 9.47 Å². The monoisotopic (exact) mass is 198 g/mol. The summed E-state index contributed by atoms with van der Waals surface area (Å²) in [5.41, 5.74) is 2.50. The van der Waals surface area contributed by atoms with Crippen molar-refractivity contribution in [3.05, 3.63) is 11.1 Å². The summed E-state index contributed by atoms with van der Waals surface area (Å²) in [6.07, 6.45) is 2.99. The molecule has 0 saturated heterocycles. The first-order chi connectivity index (χ1) is 6.77. The predicted molar refractivity (Wildman–Crippen MR) is 54.3 cm³/mol. The number of carbonyl (C=O) groups is 1. The third-order valence-electron chi connectivity index (χ3n) is 2.55. The Balaban J connectivity index is 2.68. The average Bonchev–Trinajstić information content (AvgIpc) is 2.33. The highest BCUT2D eigenvalue weighted by Gasteiger charge is 2.15. The van der Waals surface area contributed by atoms with Crippen LogP contribution in [0.2, 0.25) is 0 Å². The molecule has 0 spiro atoms. The maximum absolute atomic E-state index is 11.3. The van der Waals surface area contributed by atoms with Crippen molar-refractivity contribution in [3.63, 3.8) is 0 Å². The van der Waals surface area contributed by atoms with E-state index in [0.717, 1.165) is 12.8 Å². The topological polar surface area (TPSA) is 35.5 Å².